The van der Waals surface area contributed by atoms with Gasteiger partial charge >= 0.3 is 0 Å². The second kappa shape index (κ2) is 7.25. The van der Waals surface area contributed by atoms with E-state index in [1.807, 2.05) is 0 Å². The first kappa shape index (κ1) is 17.0. The molecule has 1 aliphatic rings. The van der Waals surface area contributed by atoms with Gasteiger partial charge in [-0.2, -0.15) is 5.10 Å². The lowest BCUT2D eigenvalue weighted by molar-refractivity contribution is 0.153. The zero-order valence-electron chi connectivity index (χ0n) is 13.9. The maximum atomic E-state index is 4.67. The van der Waals surface area contributed by atoms with Crippen molar-refractivity contribution in [3.8, 4) is 0 Å². The molecule has 1 fully saturated rings. The molecule has 1 heterocycles. The second-order valence-corrected chi connectivity index (χ2v) is 7.10. The van der Waals surface area contributed by atoms with E-state index in [1.165, 1.54) is 35.8 Å². The molecule has 0 aliphatic heterocycles. The summed E-state index contributed by atoms with van der Waals surface area (Å²) in [4.78, 5) is 2.41. The van der Waals surface area contributed by atoms with Crippen LogP contribution in [0.3, 0.4) is 0 Å². The van der Waals surface area contributed by atoms with Gasteiger partial charge in [-0.3, -0.25) is 4.68 Å². The van der Waals surface area contributed by atoms with Crippen LogP contribution < -0.4 is 5.32 Å². The summed E-state index contributed by atoms with van der Waals surface area (Å²) in [7, 11) is 4.43. The molecule has 1 aromatic rings. The maximum Gasteiger partial charge on any atom is 0.0767 e. The average Bonchev–Trinajstić information content (AvgIpc) is 3.06. The molecule has 0 atom stereocenters. The van der Waals surface area contributed by atoms with E-state index >= 15 is 0 Å². The summed E-state index contributed by atoms with van der Waals surface area (Å²) in [5, 5.41) is 8.36. The molecule has 1 saturated carbocycles. The lowest BCUT2D eigenvalue weighted by Crippen LogP contribution is -2.49. The van der Waals surface area contributed by atoms with E-state index in [2.05, 4.69) is 63.9 Å². The van der Waals surface area contributed by atoms with Gasteiger partial charge in [0.1, 0.15) is 0 Å². The molecule has 0 spiro atoms. The van der Waals surface area contributed by atoms with E-state index in [0.717, 1.165) is 31.7 Å². The Morgan fingerprint density at radius 3 is 2.48 bits per heavy atom. The first-order chi connectivity index (χ1) is 10.0. The van der Waals surface area contributed by atoms with Gasteiger partial charge in [0, 0.05) is 25.2 Å². The second-order valence-electron chi connectivity index (χ2n) is 6.31. The van der Waals surface area contributed by atoms with Crippen LogP contribution in [-0.4, -0.2) is 40.9 Å². The molecule has 120 valence electrons. The molecule has 2 rings (SSSR count). The first-order valence-electron chi connectivity index (χ1n) is 8.16. The quantitative estimate of drug-likeness (QED) is 0.814. The Kier molecular flexibility index (Phi) is 5.86. The monoisotopic (exact) mass is 356 g/mol. The minimum atomic E-state index is 0.344. The summed E-state index contributed by atoms with van der Waals surface area (Å²) >= 11 is 3.73. The number of rotatable bonds is 7. The maximum absolute atomic E-state index is 4.67. The standard InChI is InChI=1S/C16H29BrN4/c1-5-13-15(17)14(21(6-2)19-13)11-18-12-16(20(3)4)9-7-8-10-16/h18H,5-12H2,1-4H3. The fourth-order valence-corrected chi connectivity index (χ4v) is 4.12. The highest BCUT2D eigenvalue weighted by atomic mass is 79.9. The fourth-order valence-electron chi connectivity index (χ4n) is 3.41. The Balaban J connectivity index is 2.01. The van der Waals surface area contributed by atoms with Gasteiger partial charge in [0.15, 0.2) is 0 Å². The van der Waals surface area contributed by atoms with Gasteiger partial charge < -0.3 is 10.2 Å². The highest BCUT2D eigenvalue weighted by molar-refractivity contribution is 9.10. The van der Waals surface area contributed by atoms with E-state index in [9.17, 15) is 0 Å². The van der Waals surface area contributed by atoms with Crippen LogP contribution in [0.5, 0.6) is 0 Å². The summed E-state index contributed by atoms with van der Waals surface area (Å²) in [6.45, 7) is 7.18. The predicted molar refractivity (Wildman–Crippen MR) is 91.6 cm³/mol. The number of hydrogen-bond donors (Lipinski definition) is 1. The van der Waals surface area contributed by atoms with Gasteiger partial charge in [0.05, 0.1) is 15.9 Å². The molecule has 0 unspecified atom stereocenters. The van der Waals surface area contributed by atoms with Crippen LogP contribution in [0.4, 0.5) is 0 Å². The lowest BCUT2D eigenvalue weighted by Gasteiger charge is -2.36. The number of nitrogens with zero attached hydrogens (tertiary/aromatic N) is 3. The molecule has 0 amide bonds. The van der Waals surface area contributed by atoms with Crippen molar-refractivity contribution in [3.63, 3.8) is 0 Å². The zero-order valence-corrected chi connectivity index (χ0v) is 15.5. The van der Waals surface area contributed by atoms with Crippen LogP contribution >= 0.6 is 15.9 Å². The Hall–Kier alpha value is -0.390. The minimum absolute atomic E-state index is 0.344. The van der Waals surface area contributed by atoms with Crippen molar-refractivity contribution in [2.45, 2.75) is 64.6 Å². The number of aromatic nitrogens is 2. The highest BCUT2D eigenvalue weighted by Crippen LogP contribution is 2.33. The molecular weight excluding hydrogens is 328 g/mol. The normalized spacial score (nSPS) is 17.8. The molecule has 1 aliphatic carbocycles. The van der Waals surface area contributed by atoms with Gasteiger partial charge in [-0.15, -0.1) is 0 Å². The van der Waals surface area contributed by atoms with Gasteiger partial charge in [-0.1, -0.05) is 19.8 Å². The summed E-state index contributed by atoms with van der Waals surface area (Å²) in [5.74, 6) is 0. The minimum Gasteiger partial charge on any atom is -0.309 e. The molecule has 0 bridgehead atoms. The van der Waals surface area contributed by atoms with E-state index in [1.54, 1.807) is 0 Å². The van der Waals surface area contributed by atoms with Crippen LogP contribution in [0.2, 0.25) is 0 Å². The number of aryl methyl sites for hydroxylation is 2. The lowest BCUT2D eigenvalue weighted by atomic mass is 9.96. The molecule has 5 heteroatoms. The summed E-state index contributed by atoms with van der Waals surface area (Å²) < 4.78 is 3.30. The SMILES string of the molecule is CCc1nn(CC)c(CNCC2(N(C)C)CCCC2)c1Br. The van der Waals surface area contributed by atoms with Crippen molar-refractivity contribution in [3.05, 3.63) is 15.9 Å². The Bertz CT molecular complexity index is 461. The van der Waals surface area contributed by atoms with E-state index in [-0.39, 0.29) is 0 Å². The topological polar surface area (TPSA) is 33.1 Å². The van der Waals surface area contributed by atoms with E-state index < -0.39 is 0 Å². The van der Waals surface area contributed by atoms with Gasteiger partial charge in [-0.05, 0) is 56.2 Å². The molecular formula is C16H29BrN4. The van der Waals surface area contributed by atoms with Crippen molar-refractivity contribution >= 4 is 15.9 Å². The first-order valence-corrected chi connectivity index (χ1v) is 8.95. The Morgan fingerprint density at radius 2 is 1.95 bits per heavy atom. The number of nitrogens with one attached hydrogen (secondary N) is 1. The van der Waals surface area contributed by atoms with Gasteiger partial charge in [0.2, 0.25) is 0 Å². The number of likely N-dealkylation sites (N-methyl/N-ethyl adjacent to an activating group) is 1. The van der Waals surface area contributed by atoms with Crippen molar-refractivity contribution < 1.29 is 0 Å². The number of hydrogen-bond acceptors (Lipinski definition) is 3. The fraction of sp³-hybridized carbons (Fsp3) is 0.812. The molecule has 21 heavy (non-hydrogen) atoms. The zero-order chi connectivity index (χ0) is 15.5. The van der Waals surface area contributed by atoms with Crippen LogP contribution in [0, 0.1) is 0 Å². The van der Waals surface area contributed by atoms with Gasteiger partial charge in [-0.25, -0.2) is 0 Å². The third-order valence-electron chi connectivity index (χ3n) is 4.92. The third kappa shape index (κ3) is 3.51. The van der Waals surface area contributed by atoms with Crippen molar-refractivity contribution in [2.75, 3.05) is 20.6 Å². The molecule has 1 aromatic heterocycles. The predicted octanol–water partition coefficient (Wildman–Crippen LogP) is 3.19. The van der Waals surface area contributed by atoms with Crippen LogP contribution in [-0.2, 0) is 19.5 Å². The Morgan fingerprint density at radius 1 is 1.29 bits per heavy atom. The van der Waals surface area contributed by atoms with E-state index in [0.29, 0.717) is 5.54 Å². The van der Waals surface area contributed by atoms with Crippen LogP contribution in [0.15, 0.2) is 4.47 Å². The average molecular weight is 357 g/mol. The molecule has 1 N–H and O–H groups in total. The molecule has 4 nitrogen and oxygen atoms in total. The summed E-state index contributed by atoms with van der Waals surface area (Å²) in [5.41, 5.74) is 2.79. The molecule has 0 radical (unpaired) electrons. The summed E-state index contributed by atoms with van der Waals surface area (Å²) in [6.07, 6.45) is 6.30. The van der Waals surface area contributed by atoms with Crippen molar-refractivity contribution in [1.82, 2.24) is 20.0 Å². The Labute approximate surface area is 137 Å². The van der Waals surface area contributed by atoms with E-state index in [4.69, 9.17) is 0 Å². The molecule has 0 aromatic carbocycles. The van der Waals surface area contributed by atoms with Crippen molar-refractivity contribution in [2.24, 2.45) is 0 Å². The largest absolute Gasteiger partial charge is 0.309 e. The van der Waals surface area contributed by atoms with Crippen molar-refractivity contribution in [1.29, 1.82) is 0 Å². The van der Waals surface area contributed by atoms with Gasteiger partial charge in [0.25, 0.3) is 0 Å². The van der Waals surface area contributed by atoms with Crippen LogP contribution in [0.25, 0.3) is 0 Å². The molecule has 0 saturated heterocycles. The summed E-state index contributed by atoms with van der Waals surface area (Å²) in [6, 6.07) is 0. The van der Waals surface area contributed by atoms with Crippen LogP contribution in [0.1, 0.15) is 50.9 Å². The third-order valence-corrected chi connectivity index (χ3v) is 5.84. The smallest absolute Gasteiger partial charge is 0.0767 e. The number of halogens is 1. The highest BCUT2D eigenvalue weighted by Gasteiger charge is 2.35.